The van der Waals surface area contributed by atoms with Crippen LogP contribution in [0.5, 0.6) is 0 Å². The fraction of sp³-hybridized carbons (Fsp3) is 0.579. The summed E-state index contributed by atoms with van der Waals surface area (Å²) in [6.07, 6.45) is 1.95. The molecular formula is C19H30N4O. The van der Waals surface area contributed by atoms with E-state index in [-0.39, 0.29) is 11.8 Å². The van der Waals surface area contributed by atoms with Gasteiger partial charge in [0.1, 0.15) is 0 Å². The number of aliphatic imine (C=N–C) groups is 1. The molecule has 2 rings (SSSR count). The zero-order chi connectivity index (χ0) is 17.5. The highest BCUT2D eigenvalue weighted by Gasteiger charge is 2.16. The van der Waals surface area contributed by atoms with Crippen LogP contribution in [0.1, 0.15) is 44.2 Å². The molecule has 1 aromatic rings. The molecule has 1 aromatic carbocycles. The van der Waals surface area contributed by atoms with E-state index in [9.17, 15) is 4.79 Å². The number of carbonyl (C=O) groups is 1. The summed E-state index contributed by atoms with van der Waals surface area (Å²) in [7, 11) is 0. The monoisotopic (exact) mass is 330 g/mol. The molecule has 5 nitrogen and oxygen atoms in total. The zero-order valence-corrected chi connectivity index (χ0v) is 15.1. The smallest absolute Gasteiger partial charge is 0.227 e. The van der Waals surface area contributed by atoms with Crippen LogP contribution < -0.4 is 11.1 Å². The molecule has 1 atom stereocenters. The zero-order valence-electron chi connectivity index (χ0n) is 15.1. The summed E-state index contributed by atoms with van der Waals surface area (Å²) in [6.45, 7) is 9.56. The molecule has 24 heavy (non-hydrogen) atoms. The standard InChI is InChI=1S/C19H30N4O/c1-14(2)13-16-5-7-17(8-6-16)15(3)18(24)21-9-4-11-23-12-10-22-19(23)20/h5-8,14-15H,4,9-13H2,1-3H3,(H2,20,22)(H,21,24)/t15-/m1/s1. The third-order valence-corrected chi connectivity index (χ3v) is 4.39. The Balaban J connectivity index is 1.74. The van der Waals surface area contributed by atoms with Gasteiger partial charge in [0, 0.05) is 19.6 Å². The van der Waals surface area contributed by atoms with Crippen molar-refractivity contribution in [2.45, 2.75) is 39.5 Å². The Labute approximate surface area is 145 Å². The molecular weight excluding hydrogens is 300 g/mol. The van der Waals surface area contributed by atoms with Crippen LogP contribution in [0, 0.1) is 5.92 Å². The van der Waals surface area contributed by atoms with Gasteiger partial charge in [0.2, 0.25) is 5.91 Å². The molecule has 0 spiro atoms. The number of guanidine groups is 1. The van der Waals surface area contributed by atoms with Crippen LogP contribution >= 0.6 is 0 Å². The van der Waals surface area contributed by atoms with Gasteiger partial charge in [-0.1, -0.05) is 38.1 Å². The van der Waals surface area contributed by atoms with Crippen molar-refractivity contribution in [3.05, 3.63) is 35.4 Å². The number of nitrogens with one attached hydrogen (secondary N) is 1. The molecule has 1 aliphatic heterocycles. The number of rotatable bonds is 8. The first-order chi connectivity index (χ1) is 11.5. The first-order valence-electron chi connectivity index (χ1n) is 8.88. The predicted octanol–water partition coefficient (Wildman–Crippen LogP) is 2.13. The van der Waals surface area contributed by atoms with Crippen molar-refractivity contribution < 1.29 is 4.79 Å². The van der Waals surface area contributed by atoms with Gasteiger partial charge >= 0.3 is 0 Å². The van der Waals surface area contributed by atoms with E-state index in [1.54, 1.807) is 0 Å². The highest BCUT2D eigenvalue weighted by molar-refractivity contribution is 5.83. The Morgan fingerprint density at radius 2 is 2.00 bits per heavy atom. The third-order valence-electron chi connectivity index (χ3n) is 4.39. The number of benzene rings is 1. The van der Waals surface area contributed by atoms with Crippen molar-refractivity contribution >= 4 is 11.9 Å². The van der Waals surface area contributed by atoms with Gasteiger partial charge in [0.05, 0.1) is 12.5 Å². The van der Waals surface area contributed by atoms with Gasteiger partial charge in [0.15, 0.2) is 5.96 Å². The summed E-state index contributed by atoms with van der Waals surface area (Å²) in [4.78, 5) is 18.5. The highest BCUT2D eigenvalue weighted by Crippen LogP contribution is 2.17. The average molecular weight is 330 g/mol. The van der Waals surface area contributed by atoms with Crippen LogP contribution in [0.4, 0.5) is 0 Å². The summed E-state index contributed by atoms with van der Waals surface area (Å²) in [5, 5.41) is 3.02. The first-order valence-corrected chi connectivity index (χ1v) is 8.88. The second-order valence-corrected chi connectivity index (χ2v) is 6.93. The van der Waals surface area contributed by atoms with E-state index >= 15 is 0 Å². The number of hydrogen-bond donors (Lipinski definition) is 2. The fourth-order valence-corrected chi connectivity index (χ4v) is 2.93. The Kier molecular flexibility index (Phi) is 6.64. The lowest BCUT2D eigenvalue weighted by molar-refractivity contribution is -0.122. The van der Waals surface area contributed by atoms with Crippen LogP contribution in [0.2, 0.25) is 0 Å². The van der Waals surface area contributed by atoms with Crippen molar-refractivity contribution in [2.24, 2.45) is 16.6 Å². The van der Waals surface area contributed by atoms with Crippen molar-refractivity contribution in [2.75, 3.05) is 26.2 Å². The van der Waals surface area contributed by atoms with E-state index in [1.807, 2.05) is 6.92 Å². The van der Waals surface area contributed by atoms with Gasteiger partial charge in [0.25, 0.3) is 0 Å². The van der Waals surface area contributed by atoms with Crippen LogP contribution in [0.15, 0.2) is 29.3 Å². The third kappa shape index (κ3) is 5.25. The van der Waals surface area contributed by atoms with Gasteiger partial charge in [-0.25, -0.2) is 0 Å². The number of hydrogen-bond acceptors (Lipinski definition) is 4. The fourth-order valence-electron chi connectivity index (χ4n) is 2.93. The second-order valence-electron chi connectivity index (χ2n) is 6.93. The highest BCUT2D eigenvalue weighted by atomic mass is 16.1. The molecule has 0 unspecified atom stereocenters. The van der Waals surface area contributed by atoms with Gasteiger partial charge in [-0.15, -0.1) is 0 Å². The molecule has 0 fully saturated rings. The Morgan fingerprint density at radius 1 is 1.29 bits per heavy atom. The van der Waals surface area contributed by atoms with Crippen molar-refractivity contribution in [3.8, 4) is 0 Å². The molecule has 0 radical (unpaired) electrons. The lowest BCUT2D eigenvalue weighted by Crippen LogP contribution is -2.36. The summed E-state index contributed by atoms with van der Waals surface area (Å²) < 4.78 is 0. The van der Waals surface area contributed by atoms with E-state index in [0.29, 0.717) is 18.4 Å². The summed E-state index contributed by atoms with van der Waals surface area (Å²) in [6, 6.07) is 8.41. The number of carbonyl (C=O) groups excluding carboxylic acids is 1. The molecule has 0 saturated heterocycles. The van der Waals surface area contributed by atoms with E-state index in [4.69, 9.17) is 5.73 Å². The Morgan fingerprint density at radius 3 is 2.58 bits per heavy atom. The van der Waals surface area contributed by atoms with Gasteiger partial charge in [-0.3, -0.25) is 9.79 Å². The predicted molar refractivity (Wildman–Crippen MR) is 99.1 cm³/mol. The van der Waals surface area contributed by atoms with Gasteiger partial charge < -0.3 is 16.0 Å². The maximum atomic E-state index is 12.3. The van der Waals surface area contributed by atoms with Crippen LogP contribution in [0.25, 0.3) is 0 Å². The SMILES string of the molecule is CC(C)Cc1ccc([C@@H](C)C(=O)NCCCN2CCN=C2N)cc1. The van der Waals surface area contributed by atoms with Crippen LogP contribution in [-0.2, 0) is 11.2 Å². The second kappa shape index (κ2) is 8.71. The van der Waals surface area contributed by atoms with Crippen molar-refractivity contribution in [3.63, 3.8) is 0 Å². The molecule has 1 heterocycles. The maximum Gasteiger partial charge on any atom is 0.227 e. The van der Waals surface area contributed by atoms with E-state index < -0.39 is 0 Å². The minimum absolute atomic E-state index is 0.0784. The first kappa shape index (κ1) is 18.3. The minimum atomic E-state index is -0.128. The molecule has 1 aliphatic rings. The molecule has 0 aromatic heterocycles. The maximum absolute atomic E-state index is 12.3. The lowest BCUT2D eigenvalue weighted by atomic mass is 9.96. The molecule has 3 N–H and O–H groups in total. The van der Waals surface area contributed by atoms with Crippen molar-refractivity contribution in [1.29, 1.82) is 0 Å². The lowest BCUT2D eigenvalue weighted by Gasteiger charge is -2.18. The van der Waals surface area contributed by atoms with Gasteiger partial charge in [-0.2, -0.15) is 0 Å². The van der Waals surface area contributed by atoms with E-state index in [0.717, 1.165) is 38.0 Å². The Hall–Kier alpha value is -2.04. The summed E-state index contributed by atoms with van der Waals surface area (Å²) in [5.74, 6) is 1.22. The minimum Gasteiger partial charge on any atom is -0.370 e. The van der Waals surface area contributed by atoms with E-state index in [2.05, 4.69) is 53.3 Å². The van der Waals surface area contributed by atoms with E-state index in [1.165, 1.54) is 5.56 Å². The van der Waals surface area contributed by atoms with Gasteiger partial charge in [-0.05, 0) is 36.8 Å². The number of nitrogens with zero attached hydrogens (tertiary/aromatic N) is 2. The number of amides is 1. The molecule has 0 bridgehead atoms. The average Bonchev–Trinajstić information content (AvgIpc) is 2.96. The topological polar surface area (TPSA) is 70.7 Å². The molecule has 132 valence electrons. The quantitative estimate of drug-likeness (QED) is 0.717. The normalized spacial score (nSPS) is 15.5. The summed E-state index contributed by atoms with van der Waals surface area (Å²) >= 11 is 0. The molecule has 1 amide bonds. The van der Waals surface area contributed by atoms with Crippen molar-refractivity contribution in [1.82, 2.24) is 10.2 Å². The molecule has 0 aliphatic carbocycles. The number of nitrogens with two attached hydrogens (primary N) is 1. The largest absolute Gasteiger partial charge is 0.370 e. The molecule has 5 heteroatoms. The molecule has 0 saturated carbocycles. The van der Waals surface area contributed by atoms with Crippen LogP contribution in [-0.4, -0.2) is 42.9 Å². The summed E-state index contributed by atoms with van der Waals surface area (Å²) in [5.41, 5.74) is 8.17. The van der Waals surface area contributed by atoms with Crippen LogP contribution in [0.3, 0.4) is 0 Å². The Bertz CT molecular complexity index is 565.